The Kier molecular flexibility index (Phi) is 4.49. The number of ether oxygens (including phenoxy) is 1. The van der Waals surface area contributed by atoms with Crippen molar-refractivity contribution in [1.29, 1.82) is 0 Å². The number of amides is 1. The van der Waals surface area contributed by atoms with E-state index in [4.69, 9.17) is 4.74 Å². The topological polar surface area (TPSA) is 81.9 Å². The Morgan fingerprint density at radius 3 is 2.81 bits per heavy atom. The number of aromatic nitrogens is 4. The second-order valence-electron chi connectivity index (χ2n) is 5.94. The molecule has 0 aliphatic carbocycles. The zero-order valence-electron chi connectivity index (χ0n) is 14.6. The van der Waals surface area contributed by atoms with Gasteiger partial charge in [-0.3, -0.25) is 4.79 Å². The van der Waals surface area contributed by atoms with E-state index in [9.17, 15) is 4.79 Å². The van der Waals surface area contributed by atoms with Crippen LogP contribution in [0.3, 0.4) is 0 Å². The average Bonchev–Trinajstić information content (AvgIpc) is 3.23. The van der Waals surface area contributed by atoms with Crippen LogP contribution >= 0.6 is 0 Å². The number of nitrogens with one attached hydrogen (secondary N) is 1. The quantitative estimate of drug-likeness (QED) is 0.592. The molecule has 27 heavy (non-hydrogen) atoms. The third-order valence-corrected chi connectivity index (χ3v) is 4.07. The number of hydrogen-bond donors (Lipinski definition) is 1. The van der Waals surface area contributed by atoms with Gasteiger partial charge >= 0.3 is 0 Å². The van der Waals surface area contributed by atoms with Crippen LogP contribution in [0.25, 0.3) is 16.6 Å². The molecule has 0 saturated heterocycles. The van der Waals surface area contributed by atoms with Gasteiger partial charge in [0.15, 0.2) is 11.9 Å². The molecule has 134 valence electrons. The molecule has 1 N–H and O–H groups in total. The lowest BCUT2D eigenvalue weighted by Gasteiger charge is -2.16. The monoisotopic (exact) mass is 359 g/mol. The molecule has 4 rings (SSSR count). The molecule has 0 radical (unpaired) electrons. The van der Waals surface area contributed by atoms with E-state index in [2.05, 4.69) is 20.4 Å². The van der Waals surface area contributed by atoms with Gasteiger partial charge in [0, 0.05) is 23.8 Å². The molecular weight excluding hydrogens is 342 g/mol. The summed E-state index contributed by atoms with van der Waals surface area (Å²) in [6, 6.07) is 17.1. The fourth-order valence-electron chi connectivity index (χ4n) is 2.72. The van der Waals surface area contributed by atoms with Crippen LogP contribution in [0.4, 0.5) is 5.82 Å². The number of benzene rings is 2. The summed E-state index contributed by atoms with van der Waals surface area (Å²) >= 11 is 0. The highest BCUT2D eigenvalue weighted by molar-refractivity contribution is 5.94. The van der Waals surface area contributed by atoms with E-state index in [-0.39, 0.29) is 5.91 Å². The summed E-state index contributed by atoms with van der Waals surface area (Å²) in [5.41, 5.74) is 0. The van der Waals surface area contributed by atoms with Crippen LogP contribution in [0.15, 0.2) is 73.3 Å². The zero-order valence-corrected chi connectivity index (χ0v) is 14.6. The molecule has 0 aliphatic rings. The number of hydrogen-bond acceptors (Lipinski definition) is 5. The van der Waals surface area contributed by atoms with Gasteiger partial charge in [-0.05, 0) is 24.4 Å². The SMILES string of the molecule is CC(Oc1cccc2ccccc12)C(=O)Nc1cc(-n2cccn2)ncn1. The first kappa shape index (κ1) is 16.7. The number of rotatable bonds is 5. The fraction of sp³-hybridized carbons (Fsp3) is 0.100. The first-order chi connectivity index (χ1) is 13.2. The highest BCUT2D eigenvalue weighted by Crippen LogP contribution is 2.26. The standard InChI is InChI=1S/C20H17N5O2/c1-14(27-17-9-4-7-15-6-2-3-8-16(15)17)20(26)24-18-12-19(22-13-21-18)25-11-5-10-23-25/h2-14H,1H3,(H,21,22,24,26). The van der Waals surface area contributed by atoms with Gasteiger partial charge in [0.25, 0.3) is 5.91 Å². The van der Waals surface area contributed by atoms with Crippen molar-refractivity contribution in [3.63, 3.8) is 0 Å². The molecule has 2 aromatic heterocycles. The maximum Gasteiger partial charge on any atom is 0.266 e. The lowest BCUT2D eigenvalue weighted by molar-refractivity contribution is -0.122. The highest BCUT2D eigenvalue weighted by atomic mass is 16.5. The van der Waals surface area contributed by atoms with Crippen molar-refractivity contribution < 1.29 is 9.53 Å². The number of carbonyl (C=O) groups excluding carboxylic acids is 1. The summed E-state index contributed by atoms with van der Waals surface area (Å²) in [5.74, 6) is 1.31. The molecule has 1 unspecified atom stereocenters. The van der Waals surface area contributed by atoms with E-state index in [1.165, 1.54) is 6.33 Å². The van der Waals surface area contributed by atoms with Gasteiger partial charge in [-0.25, -0.2) is 14.6 Å². The maximum atomic E-state index is 12.5. The molecule has 0 aliphatic heterocycles. The summed E-state index contributed by atoms with van der Waals surface area (Å²) in [4.78, 5) is 20.8. The molecule has 2 aromatic carbocycles. The van der Waals surface area contributed by atoms with E-state index >= 15 is 0 Å². The molecule has 0 spiro atoms. The highest BCUT2D eigenvalue weighted by Gasteiger charge is 2.17. The Hall–Kier alpha value is -3.74. The molecule has 4 aromatic rings. The smallest absolute Gasteiger partial charge is 0.266 e. The van der Waals surface area contributed by atoms with Gasteiger partial charge in [0.05, 0.1) is 0 Å². The van der Waals surface area contributed by atoms with Gasteiger partial charge in [-0.15, -0.1) is 0 Å². The Balaban J connectivity index is 1.49. The lowest BCUT2D eigenvalue weighted by atomic mass is 10.1. The Morgan fingerprint density at radius 2 is 1.96 bits per heavy atom. The minimum absolute atomic E-state index is 0.298. The van der Waals surface area contributed by atoms with Gasteiger partial charge in [0.1, 0.15) is 17.9 Å². The summed E-state index contributed by atoms with van der Waals surface area (Å²) < 4.78 is 7.48. The third-order valence-electron chi connectivity index (χ3n) is 4.07. The first-order valence-corrected chi connectivity index (χ1v) is 8.48. The molecule has 2 heterocycles. The van der Waals surface area contributed by atoms with Crippen molar-refractivity contribution in [1.82, 2.24) is 19.7 Å². The van der Waals surface area contributed by atoms with Crippen molar-refractivity contribution in [3.8, 4) is 11.6 Å². The van der Waals surface area contributed by atoms with E-state index in [1.54, 1.807) is 36.1 Å². The summed E-state index contributed by atoms with van der Waals surface area (Å²) in [6.07, 6.45) is 4.10. The zero-order chi connectivity index (χ0) is 18.6. The number of carbonyl (C=O) groups is 1. The predicted molar refractivity (Wildman–Crippen MR) is 102 cm³/mol. The van der Waals surface area contributed by atoms with Crippen molar-refractivity contribution in [2.45, 2.75) is 13.0 Å². The van der Waals surface area contributed by atoms with Crippen LogP contribution in [-0.4, -0.2) is 31.8 Å². The summed E-state index contributed by atoms with van der Waals surface area (Å²) in [5, 5.41) is 8.89. The lowest BCUT2D eigenvalue weighted by Crippen LogP contribution is -2.30. The molecule has 0 bridgehead atoms. The minimum atomic E-state index is -0.695. The van der Waals surface area contributed by atoms with Crippen LogP contribution in [0.2, 0.25) is 0 Å². The van der Waals surface area contributed by atoms with Gasteiger partial charge in [-0.1, -0.05) is 36.4 Å². The van der Waals surface area contributed by atoms with Crippen LogP contribution < -0.4 is 10.1 Å². The van der Waals surface area contributed by atoms with E-state index < -0.39 is 6.10 Å². The summed E-state index contributed by atoms with van der Waals surface area (Å²) in [6.45, 7) is 1.70. The molecule has 1 amide bonds. The van der Waals surface area contributed by atoms with Crippen molar-refractivity contribution >= 4 is 22.5 Å². The van der Waals surface area contributed by atoms with E-state index in [1.807, 2.05) is 42.5 Å². The number of nitrogens with zero attached hydrogens (tertiary/aromatic N) is 4. The number of anilines is 1. The minimum Gasteiger partial charge on any atom is -0.480 e. The van der Waals surface area contributed by atoms with Crippen molar-refractivity contribution in [2.24, 2.45) is 0 Å². The normalized spacial score (nSPS) is 11.9. The average molecular weight is 359 g/mol. The second kappa shape index (κ2) is 7.25. The Morgan fingerprint density at radius 1 is 1.11 bits per heavy atom. The molecule has 7 nitrogen and oxygen atoms in total. The van der Waals surface area contributed by atoms with Crippen molar-refractivity contribution in [2.75, 3.05) is 5.32 Å². The summed E-state index contributed by atoms with van der Waals surface area (Å²) in [7, 11) is 0. The Labute approximate surface area is 155 Å². The fourth-order valence-corrected chi connectivity index (χ4v) is 2.72. The van der Waals surface area contributed by atoms with Crippen LogP contribution in [0.5, 0.6) is 5.75 Å². The molecule has 0 saturated carbocycles. The van der Waals surface area contributed by atoms with Crippen LogP contribution in [-0.2, 0) is 4.79 Å². The maximum absolute atomic E-state index is 12.5. The molecule has 7 heteroatoms. The molecular formula is C20H17N5O2. The molecule has 0 fully saturated rings. The molecule has 1 atom stereocenters. The van der Waals surface area contributed by atoms with Crippen molar-refractivity contribution in [3.05, 3.63) is 73.3 Å². The predicted octanol–water partition coefficient (Wildman–Crippen LogP) is 3.22. The Bertz CT molecular complexity index is 1070. The van der Waals surface area contributed by atoms with Gasteiger partial charge in [-0.2, -0.15) is 5.10 Å². The van der Waals surface area contributed by atoms with Crippen LogP contribution in [0.1, 0.15) is 6.92 Å². The third kappa shape index (κ3) is 3.62. The van der Waals surface area contributed by atoms with Crippen LogP contribution in [0, 0.1) is 0 Å². The largest absolute Gasteiger partial charge is 0.480 e. The van der Waals surface area contributed by atoms with Gasteiger partial charge < -0.3 is 10.1 Å². The van der Waals surface area contributed by atoms with E-state index in [0.29, 0.717) is 17.4 Å². The first-order valence-electron chi connectivity index (χ1n) is 8.48. The number of fused-ring (bicyclic) bond motifs is 1. The second-order valence-corrected chi connectivity index (χ2v) is 5.94. The van der Waals surface area contributed by atoms with Gasteiger partial charge in [0.2, 0.25) is 0 Å². The van der Waals surface area contributed by atoms with E-state index in [0.717, 1.165) is 10.8 Å².